The molecular weight excluding hydrogens is 563 g/mol. The Kier molecular flexibility index (Phi) is 6.00. The monoisotopic (exact) mass is 593 g/mol. The predicted octanol–water partition coefficient (Wildman–Crippen LogP) is 7.73. The van der Waals surface area contributed by atoms with Crippen LogP contribution in [0.3, 0.4) is 0 Å². The van der Waals surface area contributed by atoms with Gasteiger partial charge in [0.25, 0.3) is 0 Å². The van der Waals surface area contributed by atoms with Gasteiger partial charge in [0.1, 0.15) is 11.3 Å². The van der Waals surface area contributed by atoms with Crippen molar-refractivity contribution in [3.63, 3.8) is 0 Å². The molecule has 9 rings (SSSR count). The summed E-state index contributed by atoms with van der Waals surface area (Å²) in [6.45, 7) is 0. The van der Waals surface area contributed by atoms with Gasteiger partial charge in [0.05, 0.1) is 6.04 Å². The van der Waals surface area contributed by atoms with Crippen molar-refractivity contribution in [3.05, 3.63) is 175 Å². The lowest BCUT2D eigenvalue weighted by Crippen LogP contribution is -2.74. The summed E-state index contributed by atoms with van der Waals surface area (Å²) in [6, 6.07) is 58.1. The Labute approximate surface area is 263 Å². The molecule has 2 aromatic heterocycles. The number of benzene rings is 6. The molecule has 1 atom stereocenters. The highest BCUT2D eigenvalue weighted by Crippen LogP contribution is 2.39. The fraction of sp³-hybridized carbons (Fsp3) is 0.0476. The summed E-state index contributed by atoms with van der Waals surface area (Å²) in [5, 5.41) is 9.32. The average Bonchev–Trinajstić information content (AvgIpc) is 3.65. The second-order valence-corrected chi connectivity index (χ2v) is 15.8. The van der Waals surface area contributed by atoms with E-state index in [-0.39, 0.29) is 6.04 Å². The molecule has 0 fully saturated rings. The molecule has 2 nitrogen and oxygen atoms in total. The molecule has 6 aromatic carbocycles. The highest BCUT2D eigenvalue weighted by molar-refractivity contribution is 7.20. The van der Waals surface area contributed by atoms with Gasteiger partial charge in [-0.25, -0.2) is 0 Å². The van der Waals surface area contributed by atoms with Crippen LogP contribution >= 0.6 is 0 Å². The van der Waals surface area contributed by atoms with Gasteiger partial charge >= 0.3 is 0 Å². The molecule has 0 saturated heterocycles. The number of nitrogens with zero attached hydrogens (tertiary/aromatic N) is 1. The number of furan rings is 1. The smallest absolute Gasteiger partial charge is 0.179 e. The zero-order valence-electron chi connectivity index (χ0n) is 24.8. The van der Waals surface area contributed by atoms with Crippen molar-refractivity contribution in [2.24, 2.45) is 0 Å². The molecule has 2 heterocycles. The Morgan fingerprint density at radius 1 is 0.511 bits per heavy atom. The van der Waals surface area contributed by atoms with Gasteiger partial charge in [0, 0.05) is 39.2 Å². The number of rotatable bonds is 5. The number of para-hydroxylation sites is 2. The third-order valence-electron chi connectivity index (χ3n) is 9.71. The Balaban J connectivity index is 1.26. The molecule has 1 unspecified atom stereocenters. The third kappa shape index (κ3) is 3.94. The molecule has 0 aliphatic heterocycles. The maximum absolute atomic E-state index is 6.54. The van der Waals surface area contributed by atoms with Crippen molar-refractivity contribution in [1.82, 2.24) is 4.57 Å². The maximum Gasteiger partial charge on any atom is 0.179 e. The lowest BCUT2D eigenvalue weighted by molar-refractivity contribution is 0.572. The highest BCUT2D eigenvalue weighted by Gasteiger charge is 2.41. The first-order valence-corrected chi connectivity index (χ1v) is 17.7. The summed E-state index contributed by atoms with van der Waals surface area (Å²) < 4.78 is 9.05. The first-order valence-electron chi connectivity index (χ1n) is 15.7. The normalized spacial score (nSPS) is 14.7. The van der Waals surface area contributed by atoms with Crippen molar-refractivity contribution >= 4 is 67.7 Å². The first-order chi connectivity index (χ1) is 22.3. The average molecular weight is 594 g/mol. The Morgan fingerprint density at radius 2 is 1.02 bits per heavy atom. The van der Waals surface area contributed by atoms with Gasteiger partial charge in [0.15, 0.2) is 8.07 Å². The standard InChI is InChI=1S/C42H31NOSi/c1-4-14-31(15-5-1)45(32-16-6-2-7-17-32,33-18-8-3-9-19-33)34-25-27-42-38(29-34)37-28-30(24-26-41(37)44-42)43-39-22-12-10-20-35(39)36-21-11-13-23-40(36)43/h1-27,29-30H,28H2. The van der Waals surface area contributed by atoms with Crippen molar-refractivity contribution in [3.8, 4) is 0 Å². The summed E-state index contributed by atoms with van der Waals surface area (Å²) in [7, 11) is -2.64. The van der Waals surface area contributed by atoms with Crippen LogP contribution in [-0.2, 0) is 6.42 Å². The molecule has 0 radical (unpaired) electrons. The number of hydrogen-bond acceptors (Lipinski definition) is 1. The van der Waals surface area contributed by atoms with Crippen molar-refractivity contribution in [2.45, 2.75) is 12.5 Å². The lowest BCUT2D eigenvalue weighted by Gasteiger charge is -2.34. The van der Waals surface area contributed by atoms with E-state index in [0.717, 1.165) is 17.8 Å². The van der Waals surface area contributed by atoms with E-state index < -0.39 is 8.07 Å². The van der Waals surface area contributed by atoms with Gasteiger partial charge in [-0.2, -0.15) is 0 Å². The van der Waals surface area contributed by atoms with E-state index in [4.69, 9.17) is 4.42 Å². The summed E-state index contributed by atoms with van der Waals surface area (Å²) >= 11 is 0. The molecule has 1 aliphatic rings. The van der Waals surface area contributed by atoms with Crippen LogP contribution in [0.15, 0.2) is 168 Å². The summed E-state index contributed by atoms with van der Waals surface area (Å²) in [6.07, 6.45) is 5.39. The number of allylic oxidation sites excluding steroid dienone is 1. The Bertz CT molecular complexity index is 2200. The molecular formula is C42H31NOSi. The van der Waals surface area contributed by atoms with Crippen LogP contribution in [0.1, 0.15) is 17.4 Å². The zero-order chi connectivity index (χ0) is 29.8. The van der Waals surface area contributed by atoms with Crippen LogP contribution in [0.25, 0.3) is 38.9 Å². The Hall–Kier alpha value is -5.38. The summed E-state index contributed by atoms with van der Waals surface area (Å²) in [5.41, 5.74) is 4.79. The van der Waals surface area contributed by atoms with Crippen molar-refractivity contribution < 1.29 is 4.42 Å². The predicted molar refractivity (Wildman–Crippen MR) is 191 cm³/mol. The van der Waals surface area contributed by atoms with Crippen LogP contribution in [0, 0.1) is 0 Å². The van der Waals surface area contributed by atoms with Crippen LogP contribution in [0.2, 0.25) is 0 Å². The minimum Gasteiger partial charge on any atom is -0.456 e. The second-order valence-electron chi connectivity index (χ2n) is 12.0. The molecule has 0 spiro atoms. The van der Waals surface area contributed by atoms with Crippen molar-refractivity contribution in [1.29, 1.82) is 0 Å². The fourth-order valence-electron chi connectivity index (χ4n) is 7.77. The van der Waals surface area contributed by atoms with Crippen molar-refractivity contribution in [2.75, 3.05) is 0 Å². The topological polar surface area (TPSA) is 18.1 Å². The minimum atomic E-state index is -2.64. The quantitative estimate of drug-likeness (QED) is 0.148. The largest absolute Gasteiger partial charge is 0.456 e. The van der Waals surface area contributed by atoms with Gasteiger partial charge in [-0.1, -0.05) is 146 Å². The first kappa shape index (κ1) is 26.1. The molecule has 0 bridgehead atoms. The summed E-state index contributed by atoms with van der Waals surface area (Å²) in [4.78, 5) is 0. The highest BCUT2D eigenvalue weighted by atomic mass is 28.3. The van der Waals surface area contributed by atoms with E-state index in [1.54, 1.807) is 0 Å². The molecule has 0 saturated carbocycles. The van der Waals surface area contributed by atoms with Gasteiger partial charge in [-0.05, 0) is 45.0 Å². The van der Waals surface area contributed by atoms with E-state index >= 15 is 0 Å². The lowest BCUT2D eigenvalue weighted by atomic mass is 9.97. The van der Waals surface area contributed by atoms with E-state index in [9.17, 15) is 0 Å². The van der Waals surface area contributed by atoms with E-state index in [0.29, 0.717) is 0 Å². The van der Waals surface area contributed by atoms with Gasteiger partial charge < -0.3 is 8.98 Å². The number of hydrogen-bond donors (Lipinski definition) is 0. The third-order valence-corrected chi connectivity index (χ3v) is 14.5. The Morgan fingerprint density at radius 3 is 1.58 bits per heavy atom. The maximum atomic E-state index is 6.54. The second kappa shape index (κ2) is 10.4. The van der Waals surface area contributed by atoms with Gasteiger partial charge in [-0.15, -0.1) is 0 Å². The minimum absolute atomic E-state index is 0.186. The SMILES string of the molecule is C1=CC(n2c3ccccc3c3ccccc32)Cc2c1oc1ccc([Si](c3ccccc3)(c3ccccc3)c3ccccc3)cc21. The fourth-order valence-corrected chi connectivity index (χ4v) is 12.5. The van der Waals surface area contributed by atoms with Crippen LogP contribution in [0.4, 0.5) is 0 Å². The van der Waals surface area contributed by atoms with E-state index in [1.807, 2.05) is 0 Å². The molecule has 3 heteroatoms. The van der Waals surface area contributed by atoms with E-state index in [2.05, 4.69) is 174 Å². The molecule has 214 valence electrons. The van der Waals surface area contributed by atoms with Gasteiger partial charge in [0.2, 0.25) is 0 Å². The molecule has 0 amide bonds. The van der Waals surface area contributed by atoms with Crippen LogP contribution in [0.5, 0.6) is 0 Å². The van der Waals surface area contributed by atoms with Crippen LogP contribution < -0.4 is 20.7 Å². The van der Waals surface area contributed by atoms with E-state index in [1.165, 1.54) is 53.5 Å². The molecule has 1 aliphatic carbocycles. The molecule has 0 N–H and O–H groups in total. The number of fused-ring (bicyclic) bond motifs is 6. The zero-order valence-corrected chi connectivity index (χ0v) is 25.8. The summed E-state index contributed by atoms with van der Waals surface area (Å²) in [5.74, 6) is 0.977. The number of aromatic nitrogens is 1. The molecule has 45 heavy (non-hydrogen) atoms. The van der Waals surface area contributed by atoms with Crippen LogP contribution in [-0.4, -0.2) is 12.6 Å². The molecule has 8 aromatic rings. The van der Waals surface area contributed by atoms with Gasteiger partial charge in [-0.3, -0.25) is 0 Å².